The van der Waals surface area contributed by atoms with Crippen LogP contribution in [0.15, 0.2) is 0 Å². The summed E-state index contributed by atoms with van der Waals surface area (Å²) >= 11 is 0. The minimum Gasteiger partial charge on any atom is -0.467 e. The SMILES string of the molecule is COC(=O)C(C)(O)CNC1CN2CCC1CC2. The van der Waals surface area contributed by atoms with Crippen molar-refractivity contribution < 1.29 is 14.6 Å². The third kappa shape index (κ3) is 2.78. The summed E-state index contributed by atoms with van der Waals surface area (Å²) in [5.41, 5.74) is -1.43. The molecule has 3 aliphatic heterocycles. The maximum Gasteiger partial charge on any atom is 0.338 e. The number of hydrogen-bond acceptors (Lipinski definition) is 5. The summed E-state index contributed by atoms with van der Waals surface area (Å²) in [5, 5.41) is 13.2. The van der Waals surface area contributed by atoms with Crippen LogP contribution in [0.2, 0.25) is 0 Å². The Kier molecular flexibility index (Phi) is 3.70. The predicted octanol–water partition coefficient (Wildman–Crippen LogP) is -0.406. The van der Waals surface area contributed by atoms with Crippen LogP contribution in [0.25, 0.3) is 0 Å². The van der Waals surface area contributed by atoms with Crippen LogP contribution in [0.3, 0.4) is 0 Å². The quantitative estimate of drug-likeness (QED) is 0.657. The summed E-state index contributed by atoms with van der Waals surface area (Å²) in [4.78, 5) is 13.8. The van der Waals surface area contributed by atoms with Crippen LogP contribution in [0.1, 0.15) is 19.8 Å². The van der Waals surface area contributed by atoms with Gasteiger partial charge in [-0.1, -0.05) is 0 Å². The lowest BCUT2D eigenvalue weighted by Gasteiger charge is -2.45. The molecule has 0 aromatic carbocycles. The largest absolute Gasteiger partial charge is 0.467 e. The van der Waals surface area contributed by atoms with Gasteiger partial charge in [0.05, 0.1) is 7.11 Å². The average Bonchev–Trinajstić information content (AvgIpc) is 2.37. The molecule has 0 amide bonds. The van der Waals surface area contributed by atoms with Gasteiger partial charge in [-0.2, -0.15) is 0 Å². The van der Waals surface area contributed by atoms with Crippen molar-refractivity contribution in [3.63, 3.8) is 0 Å². The van der Waals surface area contributed by atoms with Gasteiger partial charge in [-0.3, -0.25) is 0 Å². The Balaban J connectivity index is 1.84. The Bertz CT molecular complexity index is 285. The maximum absolute atomic E-state index is 11.3. The number of aliphatic hydroxyl groups is 1. The maximum atomic E-state index is 11.3. The van der Waals surface area contributed by atoms with Crippen molar-refractivity contribution in [2.75, 3.05) is 33.3 Å². The third-order valence-electron chi connectivity index (χ3n) is 3.99. The van der Waals surface area contributed by atoms with Crippen LogP contribution in [0, 0.1) is 5.92 Å². The number of methoxy groups -OCH3 is 1. The molecule has 2 unspecified atom stereocenters. The first-order chi connectivity index (χ1) is 8.03. The number of nitrogens with one attached hydrogen (secondary N) is 1. The Morgan fingerprint density at radius 2 is 2.18 bits per heavy atom. The van der Waals surface area contributed by atoms with E-state index in [9.17, 15) is 9.90 Å². The van der Waals surface area contributed by atoms with Crippen molar-refractivity contribution in [1.29, 1.82) is 0 Å². The molecular weight excluding hydrogens is 220 g/mol. The van der Waals surface area contributed by atoms with Crippen molar-refractivity contribution in [2.24, 2.45) is 5.92 Å². The van der Waals surface area contributed by atoms with Gasteiger partial charge in [0.15, 0.2) is 5.60 Å². The molecule has 3 saturated heterocycles. The van der Waals surface area contributed by atoms with E-state index in [1.54, 1.807) is 0 Å². The molecule has 5 nitrogen and oxygen atoms in total. The standard InChI is InChI=1S/C12H22N2O3/c1-12(16,11(15)17-2)8-13-10-7-14-5-3-9(10)4-6-14/h9-10,13,16H,3-8H2,1-2H3. The lowest BCUT2D eigenvalue weighted by atomic mass is 9.84. The van der Waals surface area contributed by atoms with Gasteiger partial charge in [0, 0.05) is 19.1 Å². The number of carbonyl (C=O) groups excluding carboxylic acids is 1. The van der Waals surface area contributed by atoms with E-state index in [4.69, 9.17) is 0 Å². The number of carbonyl (C=O) groups is 1. The number of rotatable bonds is 4. The Hall–Kier alpha value is -0.650. The van der Waals surface area contributed by atoms with E-state index < -0.39 is 11.6 Å². The first-order valence-corrected chi connectivity index (χ1v) is 6.29. The molecule has 0 aliphatic carbocycles. The summed E-state index contributed by atoms with van der Waals surface area (Å²) in [5.74, 6) is 0.111. The van der Waals surface area contributed by atoms with Crippen molar-refractivity contribution >= 4 is 5.97 Å². The van der Waals surface area contributed by atoms with Crippen LogP contribution in [0.4, 0.5) is 0 Å². The van der Waals surface area contributed by atoms with Crippen molar-refractivity contribution in [2.45, 2.75) is 31.4 Å². The molecule has 0 aromatic heterocycles. The molecule has 5 heteroatoms. The van der Waals surface area contributed by atoms with Gasteiger partial charge >= 0.3 is 5.97 Å². The Morgan fingerprint density at radius 3 is 2.65 bits per heavy atom. The molecule has 0 saturated carbocycles. The summed E-state index contributed by atoms with van der Waals surface area (Å²) < 4.78 is 4.58. The van der Waals surface area contributed by atoms with Gasteiger partial charge in [-0.25, -0.2) is 4.79 Å². The molecule has 0 radical (unpaired) electrons. The number of esters is 1. The van der Waals surface area contributed by atoms with Gasteiger partial charge in [-0.15, -0.1) is 0 Å². The first-order valence-electron chi connectivity index (χ1n) is 6.29. The fraction of sp³-hybridized carbons (Fsp3) is 0.917. The van der Waals surface area contributed by atoms with Gasteiger partial charge in [0.1, 0.15) is 0 Å². The molecule has 0 aromatic rings. The fourth-order valence-electron chi connectivity index (χ4n) is 2.82. The molecule has 0 spiro atoms. The van der Waals surface area contributed by atoms with E-state index in [2.05, 4.69) is 15.0 Å². The van der Waals surface area contributed by atoms with Crippen LogP contribution >= 0.6 is 0 Å². The average molecular weight is 242 g/mol. The molecule has 2 atom stereocenters. The van der Waals surface area contributed by atoms with Gasteiger partial charge in [-0.05, 0) is 38.8 Å². The van der Waals surface area contributed by atoms with Crippen molar-refractivity contribution in [3.8, 4) is 0 Å². The van der Waals surface area contributed by atoms with E-state index in [1.807, 2.05) is 0 Å². The lowest BCUT2D eigenvalue weighted by Crippen LogP contribution is -2.59. The Morgan fingerprint density at radius 1 is 1.53 bits per heavy atom. The number of nitrogens with zero attached hydrogens (tertiary/aromatic N) is 1. The van der Waals surface area contributed by atoms with E-state index in [0.29, 0.717) is 12.0 Å². The zero-order chi connectivity index (χ0) is 12.5. The number of fused-ring (bicyclic) bond motifs is 3. The summed E-state index contributed by atoms with van der Waals surface area (Å²) in [6.07, 6.45) is 2.44. The highest BCUT2D eigenvalue weighted by Gasteiger charge is 2.37. The molecular formula is C12H22N2O3. The highest BCUT2D eigenvalue weighted by Crippen LogP contribution is 2.27. The molecule has 2 N–H and O–H groups in total. The molecule has 3 fully saturated rings. The monoisotopic (exact) mass is 242 g/mol. The summed E-state index contributed by atoms with van der Waals surface area (Å²) in [6.45, 7) is 5.16. The molecule has 3 rings (SSSR count). The topological polar surface area (TPSA) is 61.8 Å². The minimum atomic E-state index is -1.43. The smallest absolute Gasteiger partial charge is 0.338 e. The normalized spacial score (nSPS) is 35.4. The van der Waals surface area contributed by atoms with Crippen LogP contribution in [-0.4, -0.2) is 60.9 Å². The minimum absolute atomic E-state index is 0.259. The van der Waals surface area contributed by atoms with Crippen molar-refractivity contribution in [1.82, 2.24) is 10.2 Å². The number of piperidine rings is 3. The molecule has 3 aliphatic rings. The molecule has 2 bridgehead atoms. The third-order valence-corrected chi connectivity index (χ3v) is 3.99. The lowest BCUT2D eigenvalue weighted by molar-refractivity contribution is -0.160. The zero-order valence-electron chi connectivity index (χ0n) is 10.6. The van der Waals surface area contributed by atoms with E-state index in [1.165, 1.54) is 40.0 Å². The highest BCUT2D eigenvalue weighted by atomic mass is 16.5. The van der Waals surface area contributed by atoms with Gasteiger partial charge < -0.3 is 20.1 Å². The zero-order valence-corrected chi connectivity index (χ0v) is 10.6. The number of hydrogen-bond donors (Lipinski definition) is 2. The predicted molar refractivity (Wildman–Crippen MR) is 63.6 cm³/mol. The second-order valence-electron chi connectivity index (χ2n) is 5.39. The van der Waals surface area contributed by atoms with Crippen LogP contribution in [0.5, 0.6) is 0 Å². The van der Waals surface area contributed by atoms with E-state index in [-0.39, 0.29) is 6.54 Å². The fourth-order valence-corrected chi connectivity index (χ4v) is 2.82. The molecule has 3 heterocycles. The first kappa shape index (κ1) is 12.8. The second-order valence-corrected chi connectivity index (χ2v) is 5.39. The van der Waals surface area contributed by atoms with Crippen LogP contribution in [-0.2, 0) is 9.53 Å². The molecule has 17 heavy (non-hydrogen) atoms. The van der Waals surface area contributed by atoms with Crippen molar-refractivity contribution in [3.05, 3.63) is 0 Å². The Labute approximate surface area is 102 Å². The van der Waals surface area contributed by atoms with Gasteiger partial charge in [0.25, 0.3) is 0 Å². The highest BCUT2D eigenvalue weighted by molar-refractivity contribution is 5.78. The molecule has 98 valence electrons. The van der Waals surface area contributed by atoms with E-state index in [0.717, 1.165) is 6.54 Å². The number of ether oxygens (including phenoxy) is 1. The second kappa shape index (κ2) is 4.92. The summed E-state index contributed by atoms with van der Waals surface area (Å²) in [6, 6.07) is 0.397. The van der Waals surface area contributed by atoms with E-state index >= 15 is 0 Å². The summed E-state index contributed by atoms with van der Waals surface area (Å²) in [7, 11) is 1.30. The van der Waals surface area contributed by atoms with Gasteiger partial charge in [0.2, 0.25) is 0 Å². The van der Waals surface area contributed by atoms with Crippen LogP contribution < -0.4 is 5.32 Å².